The van der Waals surface area contributed by atoms with E-state index in [4.69, 9.17) is 14.2 Å². The van der Waals surface area contributed by atoms with Crippen LogP contribution in [0.15, 0.2) is 30.3 Å². The maximum Gasteiger partial charge on any atom is 0.161 e. The fraction of sp³-hybridized carbons (Fsp3) is 0.294. The summed E-state index contributed by atoms with van der Waals surface area (Å²) in [4.78, 5) is 0. The van der Waals surface area contributed by atoms with Crippen LogP contribution in [0.3, 0.4) is 0 Å². The molecule has 0 saturated heterocycles. The number of ether oxygens (including phenoxy) is 3. The Hall–Kier alpha value is -2.56. The molecule has 1 aliphatic heterocycles. The minimum absolute atomic E-state index is 0.0464. The fourth-order valence-corrected chi connectivity index (χ4v) is 2.78. The number of benzene rings is 2. The lowest BCUT2D eigenvalue weighted by molar-refractivity contribution is 0.257. The van der Waals surface area contributed by atoms with Crippen molar-refractivity contribution in [3.05, 3.63) is 41.5 Å². The number of hydrogen-bond donors (Lipinski definition) is 2. The number of rotatable bonds is 3. The quantitative estimate of drug-likeness (QED) is 0.912. The molecule has 0 radical (unpaired) electrons. The molecule has 0 aromatic heterocycles. The van der Waals surface area contributed by atoms with Gasteiger partial charge in [-0.1, -0.05) is 6.07 Å². The monoisotopic (exact) mass is 302 g/mol. The number of fused-ring (bicyclic) bond motifs is 1. The minimum atomic E-state index is 0.0464. The van der Waals surface area contributed by atoms with Crippen molar-refractivity contribution in [2.45, 2.75) is 12.3 Å². The normalized spacial score (nSPS) is 16.5. The topological polar surface area (TPSA) is 68.2 Å². The van der Waals surface area contributed by atoms with E-state index in [-0.39, 0.29) is 17.4 Å². The van der Waals surface area contributed by atoms with E-state index in [1.54, 1.807) is 31.4 Å². The number of phenolic OH excluding ortho intramolecular Hbond substituents is 2. The fourth-order valence-electron chi connectivity index (χ4n) is 2.78. The van der Waals surface area contributed by atoms with Crippen molar-refractivity contribution in [3.63, 3.8) is 0 Å². The summed E-state index contributed by atoms with van der Waals surface area (Å²) in [6, 6.07) is 8.48. The predicted octanol–water partition coefficient (Wildman–Crippen LogP) is 2.83. The van der Waals surface area contributed by atoms with Crippen molar-refractivity contribution in [1.29, 1.82) is 0 Å². The number of phenols is 2. The van der Waals surface area contributed by atoms with Gasteiger partial charge in [0, 0.05) is 23.6 Å². The summed E-state index contributed by atoms with van der Waals surface area (Å²) in [6.45, 7) is 0.473. The molecule has 0 amide bonds. The van der Waals surface area contributed by atoms with E-state index in [0.717, 1.165) is 17.5 Å². The van der Waals surface area contributed by atoms with Gasteiger partial charge < -0.3 is 24.4 Å². The van der Waals surface area contributed by atoms with E-state index >= 15 is 0 Å². The summed E-state index contributed by atoms with van der Waals surface area (Å²) in [5.41, 5.74) is 1.96. The molecule has 1 atom stereocenters. The molecule has 5 nitrogen and oxygen atoms in total. The molecular formula is C17H18O5. The van der Waals surface area contributed by atoms with Gasteiger partial charge in [-0.15, -0.1) is 0 Å². The van der Waals surface area contributed by atoms with Gasteiger partial charge >= 0.3 is 0 Å². The average Bonchev–Trinajstić information content (AvgIpc) is 2.54. The van der Waals surface area contributed by atoms with Gasteiger partial charge in [-0.25, -0.2) is 0 Å². The molecular weight excluding hydrogens is 284 g/mol. The van der Waals surface area contributed by atoms with Gasteiger partial charge in [-0.3, -0.25) is 0 Å². The van der Waals surface area contributed by atoms with Gasteiger partial charge in [0.1, 0.15) is 17.2 Å². The molecule has 0 spiro atoms. The molecule has 1 aliphatic rings. The Bertz CT molecular complexity index is 696. The number of aromatic hydroxyl groups is 2. The van der Waals surface area contributed by atoms with Crippen molar-refractivity contribution >= 4 is 0 Å². The third-order valence-electron chi connectivity index (χ3n) is 3.93. The lowest BCUT2D eigenvalue weighted by Crippen LogP contribution is -2.19. The molecule has 0 fully saturated rings. The average molecular weight is 302 g/mol. The zero-order chi connectivity index (χ0) is 15.7. The second-order valence-corrected chi connectivity index (χ2v) is 5.27. The largest absolute Gasteiger partial charge is 0.508 e. The Morgan fingerprint density at radius 2 is 1.82 bits per heavy atom. The highest BCUT2D eigenvalue weighted by atomic mass is 16.5. The molecule has 0 bridgehead atoms. The van der Waals surface area contributed by atoms with E-state index in [9.17, 15) is 10.2 Å². The summed E-state index contributed by atoms with van der Waals surface area (Å²) < 4.78 is 16.3. The molecule has 3 rings (SSSR count). The van der Waals surface area contributed by atoms with Crippen LogP contribution in [0.2, 0.25) is 0 Å². The van der Waals surface area contributed by atoms with Crippen LogP contribution in [0.1, 0.15) is 17.0 Å². The van der Waals surface area contributed by atoms with Gasteiger partial charge in [0.25, 0.3) is 0 Å². The van der Waals surface area contributed by atoms with Gasteiger partial charge in [0.15, 0.2) is 11.5 Å². The highest BCUT2D eigenvalue weighted by molar-refractivity contribution is 5.52. The van der Waals surface area contributed by atoms with Crippen LogP contribution in [0, 0.1) is 0 Å². The maximum absolute atomic E-state index is 9.87. The third kappa shape index (κ3) is 2.50. The molecule has 22 heavy (non-hydrogen) atoms. The minimum Gasteiger partial charge on any atom is -0.508 e. The van der Waals surface area contributed by atoms with Crippen LogP contribution in [-0.4, -0.2) is 31.0 Å². The highest BCUT2D eigenvalue weighted by Crippen LogP contribution is 2.41. The van der Waals surface area contributed by atoms with Crippen LogP contribution in [0.5, 0.6) is 28.7 Å². The number of hydrogen-bond acceptors (Lipinski definition) is 5. The Morgan fingerprint density at radius 3 is 2.55 bits per heavy atom. The van der Waals surface area contributed by atoms with Gasteiger partial charge in [-0.2, -0.15) is 0 Å². The van der Waals surface area contributed by atoms with E-state index < -0.39 is 0 Å². The van der Waals surface area contributed by atoms with Gasteiger partial charge in [0.2, 0.25) is 0 Å². The summed E-state index contributed by atoms with van der Waals surface area (Å²) in [5.74, 6) is 2.05. The van der Waals surface area contributed by atoms with Crippen molar-refractivity contribution in [1.82, 2.24) is 0 Å². The lowest BCUT2D eigenvalue weighted by Gasteiger charge is -2.27. The summed E-state index contributed by atoms with van der Waals surface area (Å²) in [7, 11) is 3.08. The summed E-state index contributed by atoms with van der Waals surface area (Å²) in [6.07, 6.45) is 0.764. The molecule has 0 aliphatic carbocycles. The van der Waals surface area contributed by atoms with E-state index in [1.165, 1.54) is 7.11 Å². The molecule has 2 aromatic rings. The first-order valence-corrected chi connectivity index (χ1v) is 7.02. The first-order chi connectivity index (χ1) is 10.6. The molecule has 0 unspecified atom stereocenters. The lowest BCUT2D eigenvalue weighted by atomic mass is 9.89. The second-order valence-electron chi connectivity index (χ2n) is 5.27. The molecule has 116 valence electrons. The van der Waals surface area contributed by atoms with Gasteiger partial charge in [0.05, 0.1) is 20.8 Å². The van der Waals surface area contributed by atoms with Crippen LogP contribution < -0.4 is 14.2 Å². The van der Waals surface area contributed by atoms with E-state index in [1.807, 2.05) is 6.07 Å². The predicted molar refractivity (Wildman–Crippen MR) is 81.3 cm³/mol. The second kappa shape index (κ2) is 5.67. The molecule has 2 N–H and O–H groups in total. The summed E-state index contributed by atoms with van der Waals surface area (Å²) in [5, 5.41) is 19.4. The summed E-state index contributed by atoms with van der Waals surface area (Å²) >= 11 is 0. The Morgan fingerprint density at radius 1 is 1.05 bits per heavy atom. The Labute approximate surface area is 128 Å². The molecule has 2 aromatic carbocycles. The smallest absolute Gasteiger partial charge is 0.161 e. The first-order valence-electron chi connectivity index (χ1n) is 7.02. The van der Waals surface area contributed by atoms with Crippen LogP contribution in [0.4, 0.5) is 0 Å². The molecule has 0 saturated carbocycles. The standard InChI is InChI=1S/C17H18O5/c1-20-16-8-14(19)17(21-2)7-13(16)11-5-10-3-4-12(18)6-15(10)22-9-11/h3-4,6-8,11,18-19H,5,9H2,1-2H3/t11-/m1/s1. The van der Waals surface area contributed by atoms with Gasteiger partial charge in [-0.05, 0) is 24.1 Å². The Kier molecular flexibility index (Phi) is 3.71. The van der Waals surface area contributed by atoms with Crippen molar-refractivity contribution in [2.24, 2.45) is 0 Å². The zero-order valence-electron chi connectivity index (χ0n) is 12.5. The third-order valence-corrected chi connectivity index (χ3v) is 3.93. The van der Waals surface area contributed by atoms with Crippen LogP contribution in [0.25, 0.3) is 0 Å². The molecule has 5 heteroatoms. The van der Waals surface area contributed by atoms with E-state index in [2.05, 4.69) is 0 Å². The van der Waals surface area contributed by atoms with Crippen LogP contribution in [-0.2, 0) is 6.42 Å². The SMILES string of the molecule is COc1cc([C@H]2COc3cc(O)ccc3C2)c(OC)cc1O. The highest BCUT2D eigenvalue weighted by Gasteiger charge is 2.25. The molecule has 1 heterocycles. The number of methoxy groups -OCH3 is 2. The van der Waals surface area contributed by atoms with Crippen LogP contribution >= 0.6 is 0 Å². The van der Waals surface area contributed by atoms with Crippen molar-refractivity contribution in [2.75, 3.05) is 20.8 Å². The Balaban J connectivity index is 1.97. The zero-order valence-corrected chi connectivity index (χ0v) is 12.5. The van der Waals surface area contributed by atoms with Crippen molar-refractivity contribution in [3.8, 4) is 28.7 Å². The first kappa shape index (κ1) is 14.4. The van der Waals surface area contributed by atoms with Crippen molar-refractivity contribution < 1.29 is 24.4 Å². The maximum atomic E-state index is 9.87. The van der Waals surface area contributed by atoms with E-state index in [0.29, 0.717) is 23.9 Å².